The van der Waals surface area contributed by atoms with Crippen LogP contribution in [0, 0.1) is 10.1 Å². The van der Waals surface area contributed by atoms with E-state index in [4.69, 9.17) is 15.3 Å². The zero-order valence-electron chi connectivity index (χ0n) is 2.73. The van der Waals surface area contributed by atoms with Gasteiger partial charge in [-0.05, 0) is 0 Å². The van der Waals surface area contributed by atoms with Gasteiger partial charge >= 0.3 is 0 Å². The number of rotatable bonds is 0. The second-order valence-corrected chi connectivity index (χ2v) is 0.238. The fourth-order valence-corrected chi connectivity index (χ4v) is 0. The van der Waals surface area contributed by atoms with Gasteiger partial charge < -0.3 is 5.21 Å². The quantitative estimate of drug-likeness (QED) is 0.320. The Kier molecular flexibility index (Phi) is 24.4. The van der Waals surface area contributed by atoms with Gasteiger partial charge in [-0.1, -0.05) is 0 Å². The summed E-state index contributed by atoms with van der Waals surface area (Å²) in [5.74, 6) is 0. The van der Waals surface area contributed by atoms with Crippen LogP contribution >= 0.6 is 0 Å². The van der Waals surface area contributed by atoms with Crippen LogP contribution in [0.1, 0.15) is 0 Å². The topological polar surface area (TPSA) is 63.4 Å². The van der Waals surface area contributed by atoms with Crippen molar-refractivity contribution in [2.75, 3.05) is 0 Å². The molecular weight excluding hydrogens is 186 g/mol. The van der Waals surface area contributed by atoms with Crippen LogP contribution in [0.25, 0.3) is 0 Å². The Morgan fingerprint density at radius 3 is 1.67 bits per heavy atom. The van der Waals surface area contributed by atoms with Gasteiger partial charge in [-0.25, -0.2) is 0 Å². The molecule has 0 atom stereocenters. The van der Waals surface area contributed by atoms with Crippen LogP contribution in [0.15, 0.2) is 0 Å². The molecule has 0 aromatic rings. The predicted octanol–water partition coefficient (Wildman–Crippen LogP) is -0.353. The van der Waals surface area contributed by atoms with Crippen molar-refractivity contribution in [3.05, 3.63) is 10.1 Å². The summed E-state index contributed by atoms with van der Waals surface area (Å²) in [5.41, 5.74) is 0. The Hall–Kier alpha value is 0.317. The Morgan fingerprint density at radius 1 is 1.67 bits per heavy atom. The summed E-state index contributed by atoms with van der Waals surface area (Å²) >= 11 is 0. The third-order valence-electron chi connectivity index (χ3n) is 0. The number of nitrogens with zero attached hydrogens (tertiary/aromatic N) is 1. The first-order chi connectivity index (χ1) is 1.73. The van der Waals surface area contributed by atoms with E-state index < -0.39 is 5.09 Å². The molecule has 0 radical (unpaired) electrons. The van der Waals surface area contributed by atoms with E-state index in [1.807, 2.05) is 0 Å². The standard InChI is InChI=1S/HNO3.Ni.Zn/c2-1(3)4;;/h(H,2,3,4);;. The van der Waals surface area contributed by atoms with Crippen molar-refractivity contribution in [3.8, 4) is 0 Å². The van der Waals surface area contributed by atoms with Gasteiger partial charge in [-0.2, -0.15) is 0 Å². The van der Waals surface area contributed by atoms with Crippen LogP contribution < -0.4 is 0 Å². The zero-order chi connectivity index (χ0) is 3.58. The normalized spacial score (nSPS) is 4.00. The van der Waals surface area contributed by atoms with Crippen LogP contribution in [0.3, 0.4) is 0 Å². The first-order valence-corrected chi connectivity index (χ1v) is 0.565. The molecule has 0 aliphatic rings. The molecule has 0 saturated carbocycles. The largest absolute Gasteiger partial charge is 0.328 e. The van der Waals surface area contributed by atoms with E-state index in [2.05, 4.69) is 0 Å². The third-order valence-corrected chi connectivity index (χ3v) is 0. The minimum Gasteiger partial charge on any atom is -0.328 e. The summed E-state index contributed by atoms with van der Waals surface area (Å²) < 4.78 is 0. The van der Waals surface area contributed by atoms with Crippen molar-refractivity contribution >= 4 is 0 Å². The first-order valence-electron chi connectivity index (χ1n) is 0.565. The molecule has 0 fully saturated rings. The second-order valence-electron chi connectivity index (χ2n) is 0.238. The monoisotopic (exact) mass is 185 g/mol. The molecule has 0 bridgehead atoms. The average Bonchev–Trinajstić information content (AvgIpc) is 0.811. The van der Waals surface area contributed by atoms with Gasteiger partial charge in [0.25, 0.3) is 5.09 Å². The number of hydrogen-bond acceptors (Lipinski definition) is 2. The van der Waals surface area contributed by atoms with Gasteiger partial charge in [0.05, 0.1) is 0 Å². The molecule has 0 aromatic heterocycles. The molecule has 0 spiro atoms. The van der Waals surface area contributed by atoms with Crippen molar-refractivity contribution in [1.29, 1.82) is 0 Å². The molecule has 4 nitrogen and oxygen atoms in total. The van der Waals surface area contributed by atoms with E-state index in [-0.39, 0.29) is 36.0 Å². The van der Waals surface area contributed by atoms with Crippen molar-refractivity contribution in [2.45, 2.75) is 0 Å². The fourth-order valence-electron chi connectivity index (χ4n) is 0. The smallest absolute Gasteiger partial charge is 0.291 e. The molecule has 0 rings (SSSR count). The van der Waals surface area contributed by atoms with Crippen LogP contribution in [0.2, 0.25) is 0 Å². The van der Waals surface area contributed by atoms with Gasteiger partial charge in [0.15, 0.2) is 0 Å². The SMILES string of the molecule is O=[N+]([O-])O.[Ni].[Zn]. The molecule has 1 N–H and O–H groups in total. The van der Waals surface area contributed by atoms with Crippen molar-refractivity contribution < 1.29 is 46.3 Å². The van der Waals surface area contributed by atoms with Gasteiger partial charge in [0, 0.05) is 36.0 Å². The molecule has 0 saturated heterocycles. The first kappa shape index (κ1) is 16.2. The van der Waals surface area contributed by atoms with Crippen LogP contribution in [-0.4, -0.2) is 10.3 Å². The molecule has 36 valence electrons. The maximum atomic E-state index is 8.36. The summed E-state index contributed by atoms with van der Waals surface area (Å²) in [6, 6.07) is 0. The van der Waals surface area contributed by atoms with Gasteiger partial charge in [0.1, 0.15) is 0 Å². The zero-order valence-corrected chi connectivity index (χ0v) is 6.69. The molecule has 6 heteroatoms. The molecule has 6 heavy (non-hydrogen) atoms. The minimum absolute atomic E-state index is 0. The Morgan fingerprint density at radius 2 is 1.67 bits per heavy atom. The second kappa shape index (κ2) is 9.01. The maximum Gasteiger partial charge on any atom is 0.291 e. The summed E-state index contributed by atoms with van der Waals surface area (Å²) in [5, 5.41) is 13.6. The van der Waals surface area contributed by atoms with Crippen molar-refractivity contribution in [2.24, 2.45) is 0 Å². The molecule has 0 aromatic carbocycles. The fraction of sp³-hybridized carbons (Fsp3) is 0. The molecule has 0 aliphatic heterocycles. The van der Waals surface area contributed by atoms with Gasteiger partial charge in [0.2, 0.25) is 0 Å². The van der Waals surface area contributed by atoms with Crippen LogP contribution in [0.4, 0.5) is 0 Å². The Bertz CT molecular complexity index is 33.8. The van der Waals surface area contributed by atoms with Gasteiger partial charge in [-0.3, -0.25) is 0 Å². The van der Waals surface area contributed by atoms with Crippen molar-refractivity contribution in [1.82, 2.24) is 0 Å². The Labute approximate surface area is 56.7 Å². The minimum atomic E-state index is -1.50. The van der Waals surface area contributed by atoms with E-state index in [9.17, 15) is 0 Å². The van der Waals surface area contributed by atoms with E-state index in [0.29, 0.717) is 0 Å². The molecule has 0 unspecified atom stereocenters. The molecule has 0 amide bonds. The number of hydrogen-bond donors (Lipinski definition) is 1. The van der Waals surface area contributed by atoms with Gasteiger partial charge in [-0.15, -0.1) is 10.1 Å². The van der Waals surface area contributed by atoms with Crippen molar-refractivity contribution in [3.63, 3.8) is 0 Å². The average molecular weight is 187 g/mol. The third kappa shape index (κ3) is 473. The molecule has 0 heterocycles. The maximum absolute atomic E-state index is 8.36. The summed E-state index contributed by atoms with van der Waals surface area (Å²) in [7, 11) is 0. The van der Waals surface area contributed by atoms with E-state index in [0.717, 1.165) is 0 Å². The predicted molar refractivity (Wildman–Crippen MR) is 8.78 cm³/mol. The summed E-state index contributed by atoms with van der Waals surface area (Å²) in [6.07, 6.45) is 0. The summed E-state index contributed by atoms with van der Waals surface area (Å²) in [6.45, 7) is 0. The molecule has 0 aliphatic carbocycles. The van der Waals surface area contributed by atoms with E-state index in [1.54, 1.807) is 0 Å². The Balaban J connectivity index is -0.0000000450. The van der Waals surface area contributed by atoms with E-state index in [1.165, 1.54) is 0 Å². The van der Waals surface area contributed by atoms with Crippen LogP contribution in [0.5, 0.6) is 0 Å². The summed E-state index contributed by atoms with van der Waals surface area (Å²) in [4.78, 5) is 8.36. The van der Waals surface area contributed by atoms with Crippen LogP contribution in [-0.2, 0) is 36.0 Å². The molecular formula is HNNiO3Zn. The van der Waals surface area contributed by atoms with E-state index >= 15 is 0 Å².